The average molecular weight is 548 g/mol. The second-order valence-electron chi connectivity index (χ2n) is 8.62. The maximum absolute atomic E-state index is 13.3. The van der Waals surface area contributed by atoms with Gasteiger partial charge in [0.05, 0.1) is 28.3 Å². The first-order valence-electron chi connectivity index (χ1n) is 11.8. The number of aliphatic carboxylic acids is 1. The fourth-order valence-electron chi connectivity index (χ4n) is 4.13. The van der Waals surface area contributed by atoms with Gasteiger partial charge in [-0.1, -0.05) is 36.2 Å². The molecule has 0 saturated carbocycles. The number of rotatable bonds is 11. The van der Waals surface area contributed by atoms with Crippen molar-refractivity contribution in [3.63, 3.8) is 0 Å². The smallest absolute Gasteiger partial charge is 0.307 e. The van der Waals surface area contributed by atoms with E-state index in [0.717, 1.165) is 22.9 Å². The van der Waals surface area contributed by atoms with Crippen LogP contribution in [0.25, 0.3) is 22.2 Å². The van der Waals surface area contributed by atoms with E-state index in [2.05, 4.69) is 5.16 Å². The molecule has 0 radical (unpaired) electrons. The Kier molecular flexibility index (Phi) is 8.39. The number of carboxylic acids is 1. The van der Waals surface area contributed by atoms with Crippen LogP contribution in [0.2, 0.25) is 5.02 Å². The van der Waals surface area contributed by atoms with Crippen LogP contribution in [0.5, 0.6) is 5.75 Å². The largest absolute Gasteiger partial charge is 0.493 e. The monoisotopic (exact) mass is 547 g/mol. The summed E-state index contributed by atoms with van der Waals surface area (Å²) in [5, 5.41) is 14.1. The lowest BCUT2D eigenvalue weighted by Gasteiger charge is -2.33. The second-order valence-corrected chi connectivity index (χ2v) is 11.2. The van der Waals surface area contributed by atoms with Crippen LogP contribution in [0, 0.1) is 5.82 Å². The number of nitrogens with zero attached hydrogens (tertiary/aromatic N) is 1. The van der Waals surface area contributed by atoms with Crippen LogP contribution in [0.4, 0.5) is 4.39 Å². The second kappa shape index (κ2) is 11.5. The third kappa shape index (κ3) is 6.24. The van der Waals surface area contributed by atoms with Gasteiger partial charge in [0, 0.05) is 16.9 Å². The van der Waals surface area contributed by atoms with Crippen molar-refractivity contribution in [2.24, 2.45) is 0 Å². The third-order valence-electron chi connectivity index (χ3n) is 5.85. The number of carbonyl (C=O) groups is 1. The Morgan fingerprint density at radius 1 is 1.14 bits per heavy atom. The fourth-order valence-corrected chi connectivity index (χ4v) is 6.10. The Bertz CT molecular complexity index is 1410. The molecular weight excluding hydrogens is 521 g/mol. The lowest BCUT2D eigenvalue weighted by Crippen LogP contribution is -2.10. The van der Waals surface area contributed by atoms with E-state index in [1.807, 2.05) is 19.1 Å². The van der Waals surface area contributed by atoms with Crippen LogP contribution in [-0.4, -0.2) is 37.7 Å². The summed E-state index contributed by atoms with van der Waals surface area (Å²) in [5.41, 5.74) is 3.32. The van der Waals surface area contributed by atoms with E-state index < -0.39 is 16.6 Å². The van der Waals surface area contributed by atoms with Crippen LogP contribution in [0.15, 0.2) is 64.0 Å². The van der Waals surface area contributed by atoms with Gasteiger partial charge in [-0.05, 0) is 66.9 Å². The van der Waals surface area contributed by atoms with E-state index in [4.69, 9.17) is 26.0 Å². The molecule has 0 amide bonds. The van der Waals surface area contributed by atoms with Crippen LogP contribution >= 0.6 is 22.2 Å². The summed E-state index contributed by atoms with van der Waals surface area (Å²) in [6.07, 6.45) is 1.68. The van der Waals surface area contributed by atoms with Crippen molar-refractivity contribution in [1.82, 2.24) is 5.16 Å². The quantitative estimate of drug-likeness (QED) is 0.167. The standard InChI is InChI=1S/C27H27ClFNO6S/c1-2-4-20-23(11-10-21-26(30-36-27(20)21)18-6-8-19(29)9-7-18)35-13-3-14-37(33,34)24-12-5-17(15-22(24)28)16-25(31)32/h5-12,15,33-34H,2-4,13-14,16H2,1H3,(H,31,32). The molecular formula is C27H27ClFNO6S. The van der Waals surface area contributed by atoms with Crippen LogP contribution in [-0.2, 0) is 17.6 Å². The Balaban J connectivity index is 1.46. The van der Waals surface area contributed by atoms with Crippen molar-refractivity contribution >= 4 is 39.1 Å². The molecule has 196 valence electrons. The zero-order valence-electron chi connectivity index (χ0n) is 20.1. The van der Waals surface area contributed by atoms with Gasteiger partial charge in [-0.3, -0.25) is 13.9 Å². The molecule has 3 N–H and O–H groups in total. The molecule has 0 bridgehead atoms. The van der Waals surface area contributed by atoms with Crippen molar-refractivity contribution in [1.29, 1.82) is 0 Å². The molecule has 7 nitrogen and oxygen atoms in total. The Morgan fingerprint density at radius 3 is 2.57 bits per heavy atom. The number of aromatic nitrogens is 1. The molecule has 0 aliphatic rings. The topological polar surface area (TPSA) is 113 Å². The highest BCUT2D eigenvalue weighted by atomic mass is 35.5. The van der Waals surface area contributed by atoms with Gasteiger partial charge in [-0.25, -0.2) is 4.39 Å². The first-order chi connectivity index (χ1) is 17.7. The van der Waals surface area contributed by atoms with Crippen molar-refractivity contribution in [2.45, 2.75) is 37.5 Å². The minimum Gasteiger partial charge on any atom is -0.493 e. The molecule has 1 heterocycles. The summed E-state index contributed by atoms with van der Waals surface area (Å²) in [7, 11) is -3.19. The lowest BCUT2D eigenvalue weighted by atomic mass is 10.0. The van der Waals surface area contributed by atoms with Gasteiger partial charge in [-0.15, -0.1) is 0 Å². The summed E-state index contributed by atoms with van der Waals surface area (Å²) in [5.74, 6) is -0.658. The number of halogens is 2. The molecule has 3 aromatic carbocycles. The third-order valence-corrected chi connectivity index (χ3v) is 8.20. The Labute approximate surface area is 220 Å². The molecule has 0 saturated heterocycles. The first kappa shape index (κ1) is 26.9. The highest BCUT2D eigenvalue weighted by Gasteiger charge is 2.21. The molecule has 0 fully saturated rings. The predicted octanol–water partition coefficient (Wildman–Crippen LogP) is 7.45. The van der Waals surface area contributed by atoms with Gasteiger partial charge in [0.1, 0.15) is 17.3 Å². The number of carboxylic acid groups (broad SMARTS) is 1. The Hall–Kier alpha value is -3.11. The maximum atomic E-state index is 13.3. The van der Waals surface area contributed by atoms with Gasteiger partial charge < -0.3 is 14.4 Å². The van der Waals surface area contributed by atoms with Crippen molar-refractivity contribution < 1.29 is 32.7 Å². The molecule has 0 aliphatic carbocycles. The van der Waals surface area contributed by atoms with E-state index in [0.29, 0.717) is 35.4 Å². The molecule has 10 heteroatoms. The molecule has 1 aromatic heterocycles. The minimum absolute atomic E-state index is 0.0351. The van der Waals surface area contributed by atoms with E-state index in [1.165, 1.54) is 30.3 Å². The molecule has 0 spiro atoms. The molecule has 4 rings (SSSR count). The fraction of sp³-hybridized carbons (Fsp3) is 0.259. The summed E-state index contributed by atoms with van der Waals surface area (Å²) in [6.45, 7) is 2.27. The van der Waals surface area contributed by atoms with Crippen LogP contribution in [0.1, 0.15) is 30.9 Å². The normalized spacial score (nSPS) is 12.1. The Morgan fingerprint density at radius 2 is 1.89 bits per heavy atom. The number of fused-ring (bicyclic) bond motifs is 1. The number of benzene rings is 3. The molecule has 0 unspecified atom stereocenters. The average Bonchev–Trinajstić information content (AvgIpc) is 3.27. The highest BCUT2D eigenvalue weighted by molar-refractivity contribution is 8.24. The molecule has 0 aliphatic heterocycles. The maximum Gasteiger partial charge on any atom is 0.307 e. The van der Waals surface area contributed by atoms with Gasteiger partial charge in [0.15, 0.2) is 5.58 Å². The number of hydrogen-bond acceptors (Lipinski definition) is 6. The lowest BCUT2D eigenvalue weighted by molar-refractivity contribution is -0.136. The SMILES string of the molecule is CCCc1c(OCCCS(O)(O)c2ccc(CC(=O)O)cc2Cl)ccc2c(-c3ccc(F)cc3)noc12. The van der Waals surface area contributed by atoms with Crippen molar-refractivity contribution in [3.05, 3.63) is 76.6 Å². The van der Waals surface area contributed by atoms with Crippen LogP contribution < -0.4 is 4.74 Å². The number of aryl methyl sites for hydroxylation is 1. The van der Waals surface area contributed by atoms with Crippen LogP contribution in [0.3, 0.4) is 0 Å². The zero-order chi connectivity index (χ0) is 26.6. The summed E-state index contributed by atoms with van der Waals surface area (Å²) >= 11 is 6.21. The van der Waals surface area contributed by atoms with Gasteiger partial charge >= 0.3 is 5.97 Å². The van der Waals surface area contributed by atoms with Gasteiger partial charge in [0.25, 0.3) is 0 Å². The van der Waals surface area contributed by atoms with Crippen molar-refractivity contribution in [2.75, 3.05) is 12.4 Å². The van der Waals surface area contributed by atoms with Gasteiger partial charge in [-0.2, -0.15) is 10.6 Å². The van der Waals surface area contributed by atoms with E-state index in [1.54, 1.807) is 12.1 Å². The predicted molar refractivity (Wildman–Crippen MR) is 142 cm³/mol. The first-order valence-corrected chi connectivity index (χ1v) is 13.8. The summed E-state index contributed by atoms with van der Waals surface area (Å²) < 4.78 is 46.4. The van der Waals surface area contributed by atoms with E-state index in [-0.39, 0.29) is 34.5 Å². The minimum atomic E-state index is -3.19. The number of hydrogen-bond donors (Lipinski definition) is 3. The molecule has 37 heavy (non-hydrogen) atoms. The van der Waals surface area contributed by atoms with E-state index >= 15 is 0 Å². The highest BCUT2D eigenvalue weighted by Crippen LogP contribution is 2.51. The van der Waals surface area contributed by atoms with Gasteiger partial charge in [0.2, 0.25) is 0 Å². The van der Waals surface area contributed by atoms with E-state index in [9.17, 15) is 18.3 Å². The molecule has 4 aromatic rings. The number of ether oxygens (including phenoxy) is 1. The zero-order valence-corrected chi connectivity index (χ0v) is 21.7. The summed E-state index contributed by atoms with van der Waals surface area (Å²) in [6, 6.07) is 14.2. The van der Waals surface area contributed by atoms with Crippen molar-refractivity contribution in [3.8, 4) is 17.0 Å². The molecule has 0 atom stereocenters. The summed E-state index contributed by atoms with van der Waals surface area (Å²) in [4.78, 5) is 11.1.